The van der Waals surface area contributed by atoms with Crippen molar-refractivity contribution in [2.75, 3.05) is 11.6 Å². The molecule has 0 aromatic heterocycles. The molecule has 1 N–H and O–H groups in total. The number of hydrogen-bond acceptors (Lipinski definition) is 5. The van der Waals surface area contributed by atoms with Gasteiger partial charge in [0.05, 0.1) is 15.9 Å². The van der Waals surface area contributed by atoms with E-state index in [1.54, 1.807) is 12.1 Å². The van der Waals surface area contributed by atoms with E-state index in [2.05, 4.69) is 5.32 Å². The van der Waals surface area contributed by atoms with E-state index in [0.717, 1.165) is 24.0 Å². The highest BCUT2D eigenvalue weighted by Gasteiger charge is 2.14. The van der Waals surface area contributed by atoms with E-state index in [4.69, 9.17) is 0 Å². The highest BCUT2D eigenvalue weighted by molar-refractivity contribution is 7.90. The standard InChI is InChI=1S/C14H13FN2O4S/c1-22(20,21)12-5-2-10(3-6-12)9-16-13-7-4-11(15)8-14(13)17(18)19/h2-8,16H,9H2,1H3. The average molecular weight is 324 g/mol. The molecule has 22 heavy (non-hydrogen) atoms. The molecule has 0 radical (unpaired) electrons. The van der Waals surface area contributed by atoms with Crippen LogP contribution in [0.1, 0.15) is 5.56 Å². The van der Waals surface area contributed by atoms with Gasteiger partial charge < -0.3 is 5.32 Å². The molecule has 2 rings (SSSR count). The number of halogens is 1. The Morgan fingerprint density at radius 2 is 1.82 bits per heavy atom. The lowest BCUT2D eigenvalue weighted by atomic mass is 10.2. The van der Waals surface area contributed by atoms with Gasteiger partial charge in [-0.3, -0.25) is 10.1 Å². The maximum absolute atomic E-state index is 13.0. The number of nitrogens with one attached hydrogen (secondary N) is 1. The number of nitro groups is 1. The third-order valence-corrected chi connectivity index (χ3v) is 4.12. The number of nitrogens with zero attached hydrogens (tertiary/aromatic N) is 1. The van der Waals surface area contributed by atoms with Crippen LogP contribution in [0.2, 0.25) is 0 Å². The second kappa shape index (κ2) is 6.10. The van der Waals surface area contributed by atoms with E-state index < -0.39 is 20.6 Å². The Kier molecular flexibility index (Phi) is 4.41. The minimum Gasteiger partial charge on any atom is -0.375 e. The van der Waals surface area contributed by atoms with E-state index in [1.807, 2.05) is 0 Å². The van der Waals surface area contributed by atoms with Gasteiger partial charge in [0.15, 0.2) is 9.84 Å². The SMILES string of the molecule is CS(=O)(=O)c1ccc(CNc2ccc(F)cc2[N+](=O)[O-])cc1. The number of nitro benzene ring substituents is 1. The fourth-order valence-corrected chi connectivity index (χ4v) is 2.49. The van der Waals surface area contributed by atoms with Crippen LogP contribution in [0.25, 0.3) is 0 Å². The number of hydrogen-bond donors (Lipinski definition) is 1. The summed E-state index contributed by atoms with van der Waals surface area (Å²) in [6.07, 6.45) is 1.11. The molecule has 0 fully saturated rings. The van der Waals surface area contributed by atoms with Crippen LogP contribution >= 0.6 is 0 Å². The molecule has 0 saturated heterocycles. The van der Waals surface area contributed by atoms with Crippen molar-refractivity contribution < 1.29 is 17.7 Å². The van der Waals surface area contributed by atoms with E-state index in [1.165, 1.54) is 18.2 Å². The molecule has 116 valence electrons. The Morgan fingerprint density at radius 1 is 1.18 bits per heavy atom. The zero-order chi connectivity index (χ0) is 16.3. The average Bonchev–Trinajstić information content (AvgIpc) is 2.45. The van der Waals surface area contributed by atoms with Gasteiger partial charge in [-0.25, -0.2) is 12.8 Å². The molecule has 0 atom stereocenters. The zero-order valence-corrected chi connectivity index (χ0v) is 12.4. The first-order chi connectivity index (χ1) is 10.3. The topological polar surface area (TPSA) is 89.3 Å². The van der Waals surface area contributed by atoms with E-state index in [9.17, 15) is 22.9 Å². The molecule has 8 heteroatoms. The molecular weight excluding hydrogens is 311 g/mol. The molecule has 2 aromatic carbocycles. The Labute approximate surface area is 126 Å². The third-order valence-electron chi connectivity index (χ3n) is 2.99. The molecular formula is C14H13FN2O4S. The van der Waals surface area contributed by atoms with Crippen LogP contribution in [0, 0.1) is 15.9 Å². The van der Waals surface area contributed by atoms with Gasteiger partial charge in [-0.2, -0.15) is 0 Å². The van der Waals surface area contributed by atoms with Crippen LogP contribution in [-0.4, -0.2) is 19.6 Å². The van der Waals surface area contributed by atoms with E-state index in [-0.39, 0.29) is 22.8 Å². The molecule has 0 spiro atoms. The van der Waals surface area contributed by atoms with Crippen LogP contribution in [-0.2, 0) is 16.4 Å². The molecule has 0 aliphatic rings. The predicted molar refractivity (Wildman–Crippen MR) is 79.9 cm³/mol. The van der Waals surface area contributed by atoms with E-state index >= 15 is 0 Å². The highest BCUT2D eigenvalue weighted by Crippen LogP contribution is 2.25. The number of anilines is 1. The van der Waals surface area contributed by atoms with Crippen LogP contribution in [0.15, 0.2) is 47.4 Å². The van der Waals surface area contributed by atoms with E-state index in [0.29, 0.717) is 0 Å². The van der Waals surface area contributed by atoms with Crippen molar-refractivity contribution in [3.63, 3.8) is 0 Å². The minimum atomic E-state index is -3.26. The van der Waals surface area contributed by atoms with Crippen LogP contribution in [0.5, 0.6) is 0 Å². The molecule has 0 aliphatic carbocycles. The molecule has 0 bridgehead atoms. The summed E-state index contributed by atoms with van der Waals surface area (Å²) in [7, 11) is -3.26. The van der Waals surface area contributed by atoms with Crippen molar-refractivity contribution in [1.29, 1.82) is 0 Å². The van der Waals surface area contributed by atoms with Gasteiger partial charge in [0.2, 0.25) is 0 Å². The molecule has 0 unspecified atom stereocenters. The van der Waals surface area contributed by atoms with Crippen LogP contribution in [0.3, 0.4) is 0 Å². The van der Waals surface area contributed by atoms with Crippen molar-refractivity contribution in [2.45, 2.75) is 11.4 Å². The lowest BCUT2D eigenvalue weighted by Gasteiger charge is -2.08. The Morgan fingerprint density at radius 3 is 2.36 bits per heavy atom. The Hall–Kier alpha value is -2.48. The Bertz CT molecular complexity index is 804. The first kappa shape index (κ1) is 15.9. The summed E-state index contributed by atoms with van der Waals surface area (Å²) in [6.45, 7) is 0.247. The van der Waals surface area contributed by atoms with Gasteiger partial charge in [0.1, 0.15) is 11.5 Å². The van der Waals surface area contributed by atoms with Crippen LogP contribution < -0.4 is 5.32 Å². The van der Waals surface area contributed by atoms with Crippen molar-refractivity contribution in [1.82, 2.24) is 0 Å². The van der Waals surface area contributed by atoms with Crippen molar-refractivity contribution in [2.24, 2.45) is 0 Å². The first-order valence-corrected chi connectivity index (χ1v) is 8.13. The monoisotopic (exact) mass is 324 g/mol. The fourth-order valence-electron chi connectivity index (χ4n) is 1.86. The van der Waals surface area contributed by atoms with Gasteiger partial charge in [-0.15, -0.1) is 0 Å². The normalized spacial score (nSPS) is 11.2. The minimum absolute atomic E-state index is 0.193. The quantitative estimate of drug-likeness (QED) is 0.675. The predicted octanol–water partition coefficient (Wildman–Crippen LogP) is 2.75. The third kappa shape index (κ3) is 3.79. The molecule has 0 saturated carbocycles. The molecule has 0 aliphatic heterocycles. The smallest absolute Gasteiger partial charge is 0.295 e. The summed E-state index contributed by atoms with van der Waals surface area (Å²) in [5, 5.41) is 13.7. The maximum atomic E-state index is 13.0. The summed E-state index contributed by atoms with van der Waals surface area (Å²) < 4.78 is 35.7. The summed E-state index contributed by atoms with van der Waals surface area (Å²) in [5.41, 5.74) is 0.581. The number of benzene rings is 2. The molecule has 0 heterocycles. The first-order valence-electron chi connectivity index (χ1n) is 6.24. The molecule has 0 amide bonds. The van der Waals surface area contributed by atoms with Crippen LogP contribution in [0.4, 0.5) is 15.8 Å². The zero-order valence-electron chi connectivity index (χ0n) is 11.6. The van der Waals surface area contributed by atoms with Crippen molar-refractivity contribution in [3.05, 3.63) is 64.0 Å². The van der Waals surface area contributed by atoms with Gasteiger partial charge in [0, 0.05) is 12.8 Å². The van der Waals surface area contributed by atoms with Crippen molar-refractivity contribution >= 4 is 21.2 Å². The largest absolute Gasteiger partial charge is 0.375 e. The summed E-state index contributed by atoms with van der Waals surface area (Å²) in [6, 6.07) is 9.41. The van der Waals surface area contributed by atoms with Gasteiger partial charge in [-0.1, -0.05) is 12.1 Å². The fraction of sp³-hybridized carbons (Fsp3) is 0.143. The molecule has 2 aromatic rings. The van der Waals surface area contributed by atoms with Gasteiger partial charge in [0.25, 0.3) is 5.69 Å². The highest BCUT2D eigenvalue weighted by atomic mass is 32.2. The number of rotatable bonds is 5. The second-order valence-corrected chi connectivity index (χ2v) is 6.70. The number of sulfone groups is 1. The maximum Gasteiger partial charge on any atom is 0.295 e. The summed E-state index contributed by atoms with van der Waals surface area (Å²) in [4.78, 5) is 10.4. The second-order valence-electron chi connectivity index (χ2n) is 4.69. The lowest BCUT2D eigenvalue weighted by Crippen LogP contribution is -2.03. The Balaban J connectivity index is 2.15. The summed E-state index contributed by atoms with van der Waals surface area (Å²) in [5.74, 6) is -0.685. The molecule has 6 nitrogen and oxygen atoms in total. The van der Waals surface area contributed by atoms with Gasteiger partial charge in [-0.05, 0) is 29.8 Å². The van der Waals surface area contributed by atoms with Gasteiger partial charge >= 0.3 is 0 Å². The lowest BCUT2D eigenvalue weighted by molar-refractivity contribution is -0.384. The summed E-state index contributed by atoms with van der Waals surface area (Å²) >= 11 is 0. The van der Waals surface area contributed by atoms with Crippen molar-refractivity contribution in [3.8, 4) is 0 Å².